The van der Waals surface area contributed by atoms with Gasteiger partial charge in [0, 0.05) is 0 Å². The van der Waals surface area contributed by atoms with E-state index in [0.717, 1.165) is 19.3 Å². The summed E-state index contributed by atoms with van der Waals surface area (Å²) in [6.45, 7) is 2.25. The third kappa shape index (κ3) is 24.7. The van der Waals surface area contributed by atoms with E-state index in [2.05, 4.69) is 15.8 Å². The van der Waals surface area contributed by atoms with Crippen molar-refractivity contribution in [2.24, 2.45) is 0 Å². The second-order valence-corrected chi connectivity index (χ2v) is 11.2. The van der Waals surface area contributed by atoms with Gasteiger partial charge in [-0.15, -0.1) is 0 Å². The maximum absolute atomic E-state index is 11.3. The number of phosphoric acid groups is 2. The summed E-state index contributed by atoms with van der Waals surface area (Å²) in [6.07, 6.45) is 20.9. The standard InChI is InChI=1S/C21H46O8P2/c1-2-3-4-5-6-7-8-9-10-11-12-13-14-15-16-17-18-19-20-21(22)28-31(26,27)29-30(23,24)25/h21-22H,2-20H2,1H3,(H,26,27)(H2,23,24,25). The lowest BCUT2D eigenvalue weighted by molar-refractivity contribution is -0.0422. The van der Waals surface area contributed by atoms with Crippen molar-refractivity contribution < 1.29 is 37.8 Å². The highest BCUT2D eigenvalue weighted by atomic mass is 31.3. The lowest BCUT2D eigenvalue weighted by atomic mass is 10.0. The number of rotatable bonds is 23. The molecule has 0 fully saturated rings. The lowest BCUT2D eigenvalue weighted by Gasteiger charge is -2.16. The molecule has 0 aromatic rings. The Morgan fingerprint density at radius 1 is 0.613 bits per heavy atom. The van der Waals surface area contributed by atoms with Gasteiger partial charge in [0.25, 0.3) is 0 Å². The molecule has 0 rings (SSSR count). The molecule has 0 bridgehead atoms. The van der Waals surface area contributed by atoms with Gasteiger partial charge in [-0.25, -0.2) is 9.13 Å². The molecule has 0 aromatic carbocycles. The van der Waals surface area contributed by atoms with Gasteiger partial charge < -0.3 is 19.8 Å². The predicted molar refractivity (Wildman–Crippen MR) is 123 cm³/mol. The van der Waals surface area contributed by atoms with Gasteiger partial charge in [0.05, 0.1) is 0 Å². The molecule has 0 aliphatic heterocycles. The Hall–Kier alpha value is 0.220. The van der Waals surface area contributed by atoms with Gasteiger partial charge in [0.15, 0.2) is 6.29 Å². The van der Waals surface area contributed by atoms with Gasteiger partial charge in [-0.2, -0.15) is 4.31 Å². The zero-order chi connectivity index (χ0) is 23.4. The largest absolute Gasteiger partial charge is 0.483 e. The number of hydrogen-bond acceptors (Lipinski definition) is 5. The number of aliphatic hydroxyl groups excluding tert-OH is 1. The third-order valence-electron chi connectivity index (χ3n) is 5.27. The number of phosphoric ester groups is 1. The maximum atomic E-state index is 11.3. The van der Waals surface area contributed by atoms with Crippen LogP contribution >= 0.6 is 15.6 Å². The number of unbranched alkanes of at least 4 members (excludes halogenated alkanes) is 17. The van der Waals surface area contributed by atoms with E-state index < -0.39 is 21.9 Å². The maximum Gasteiger partial charge on any atom is 0.483 e. The summed E-state index contributed by atoms with van der Waals surface area (Å²) in [5, 5.41) is 9.53. The van der Waals surface area contributed by atoms with E-state index in [9.17, 15) is 14.2 Å². The van der Waals surface area contributed by atoms with Gasteiger partial charge >= 0.3 is 15.6 Å². The summed E-state index contributed by atoms with van der Waals surface area (Å²) < 4.78 is 29.8. The molecule has 0 spiro atoms. The quantitative estimate of drug-likeness (QED) is 0.0689. The molecule has 0 aliphatic carbocycles. The van der Waals surface area contributed by atoms with Crippen LogP contribution in [-0.2, 0) is 18.0 Å². The van der Waals surface area contributed by atoms with Crippen molar-refractivity contribution in [3.63, 3.8) is 0 Å². The van der Waals surface area contributed by atoms with Gasteiger partial charge in [-0.05, 0) is 12.8 Å². The molecule has 31 heavy (non-hydrogen) atoms. The molecule has 188 valence electrons. The van der Waals surface area contributed by atoms with Gasteiger partial charge in [0.1, 0.15) is 0 Å². The van der Waals surface area contributed by atoms with E-state index in [1.54, 1.807) is 0 Å². The lowest BCUT2D eigenvalue weighted by Crippen LogP contribution is -2.10. The summed E-state index contributed by atoms with van der Waals surface area (Å²) in [5.41, 5.74) is 0. The minimum Gasteiger partial charge on any atom is -0.367 e. The smallest absolute Gasteiger partial charge is 0.367 e. The highest BCUT2D eigenvalue weighted by molar-refractivity contribution is 7.60. The van der Waals surface area contributed by atoms with Crippen molar-refractivity contribution in [2.75, 3.05) is 0 Å². The minimum atomic E-state index is -5.16. The number of hydrogen-bond donors (Lipinski definition) is 4. The minimum absolute atomic E-state index is 0.105. The highest BCUT2D eigenvalue weighted by Gasteiger charge is 2.34. The predicted octanol–water partition coefficient (Wildman–Crippen LogP) is 6.96. The normalized spacial score (nSPS) is 15.1. The molecule has 2 unspecified atom stereocenters. The molecule has 0 saturated heterocycles. The monoisotopic (exact) mass is 488 g/mol. The molecule has 4 N–H and O–H groups in total. The second kappa shape index (κ2) is 19.7. The Morgan fingerprint density at radius 3 is 1.26 bits per heavy atom. The van der Waals surface area contributed by atoms with Crippen LogP contribution in [0.1, 0.15) is 129 Å². The van der Waals surface area contributed by atoms with Crippen molar-refractivity contribution >= 4 is 15.6 Å². The van der Waals surface area contributed by atoms with Crippen molar-refractivity contribution in [1.29, 1.82) is 0 Å². The molecule has 0 aromatic heterocycles. The first-order valence-electron chi connectivity index (χ1n) is 12.1. The fourth-order valence-electron chi connectivity index (χ4n) is 3.58. The van der Waals surface area contributed by atoms with Crippen LogP contribution in [0.3, 0.4) is 0 Å². The molecular weight excluding hydrogens is 442 g/mol. The average Bonchev–Trinajstić information content (AvgIpc) is 2.64. The van der Waals surface area contributed by atoms with Crippen LogP contribution in [0, 0.1) is 0 Å². The molecule has 0 amide bonds. The van der Waals surface area contributed by atoms with Crippen LogP contribution in [0.15, 0.2) is 0 Å². The highest BCUT2D eigenvalue weighted by Crippen LogP contribution is 2.58. The van der Waals surface area contributed by atoms with Gasteiger partial charge in [-0.1, -0.05) is 116 Å². The van der Waals surface area contributed by atoms with E-state index in [-0.39, 0.29) is 6.42 Å². The zero-order valence-corrected chi connectivity index (χ0v) is 21.1. The first-order valence-corrected chi connectivity index (χ1v) is 15.1. The Bertz CT molecular complexity index is 498. The van der Waals surface area contributed by atoms with Crippen molar-refractivity contribution in [1.82, 2.24) is 0 Å². The third-order valence-corrected chi connectivity index (χ3v) is 7.46. The van der Waals surface area contributed by atoms with Crippen LogP contribution < -0.4 is 0 Å². The van der Waals surface area contributed by atoms with Crippen molar-refractivity contribution in [2.45, 2.75) is 135 Å². The van der Waals surface area contributed by atoms with Crippen LogP contribution in [0.2, 0.25) is 0 Å². The summed E-state index contributed by atoms with van der Waals surface area (Å²) >= 11 is 0. The SMILES string of the molecule is CCCCCCCCCCCCCCCCCCCCC(O)OP(=O)(O)OP(=O)(O)O. The van der Waals surface area contributed by atoms with Crippen LogP contribution in [0.5, 0.6) is 0 Å². The average molecular weight is 489 g/mol. The Balaban J connectivity index is 3.34. The van der Waals surface area contributed by atoms with Gasteiger partial charge in [0.2, 0.25) is 0 Å². The van der Waals surface area contributed by atoms with Crippen molar-refractivity contribution in [3.8, 4) is 0 Å². The van der Waals surface area contributed by atoms with Gasteiger partial charge in [-0.3, -0.25) is 4.52 Å². The molecule has 0 aliphatic rings. The molecule has 10 heteroatoms. The Kier molecular flexibility index (Phi) is 19.8. The number of aliphatic hydroxyl groups is 1. The first-order chi connectivity index (χ1) is 14.7. The second-order valence-electron chi connectivity index (χ2n) is 8.40. The summed E-state index contributed by atoms with van der Waals surface area (Å²) in [7, 11) is -10.1. The molecule has 2 atom stereocenters. The summed E-state index contributed by atoms with van der Waals surface area (Å²) in [5.74, 6) is 0. The molecule has 0 heterocycles. The summed E-state index contributed by atoms with van der Waals surface area (Å²) in [6, 6.07) is 0. The van der Waals surface area contributed by atoms with E-state index in [4.69, 9.17) is 14.7 Å². The zero-order valence-electron chi connectivity index (χ0n) is 19.3. The topological polar surface area (TPSA) is 134 Å². The molecule has 0 radical (unpaired) electrons. The van der Waals surface area contributed by atoms with E-state index in [1.807, 2.05) is 0 Å². The van der Waals surface area contributed by atoms with Crippen LogP contribution in [-0.4, -0.2) is 26.1 Å². The molecule has 8 nitrogen and oxygen atoms in total. The molecular formula is C21H46O8P2. The Labute approximate surface area is 189 Å². The van der Waals surface area contributed by atoms with E-state index >= 15 is 0 Å². The van der Waals surface area contributed by atoms with Crippen molar-refractivity contribution in [3.05, 3.63) is 0 Å². The van der Waals surface area contributed by atoms with E-state index in [1.165, 1.54) is 89.9 Å². The molecule has 0 saturated carbocycles. The summed E-state index contributed by atoms with van der Waals surface area (Å²) in [4.78, 5) is 26.1. The van der Waals surface area contributed by atoms with Crippen LogP contribution in [0.25, 0.3) is 0 Å². The Morgan fingerprint density at radius 2 is 0.935 bits per heavy atom. The fraction of sp³-hybridized carbons (Fsp3) is 1.00. The van der Waals surface area contributed by atoms with Crippen LogP contribution in [0.4, 0.5) is 0 Å². The first kappa shape index (κ1) is 31.2. The fourth-order valence-corrected chi connectivity index (χ4v) is 5.22. The van der Waals surface area contributed by atoms with E-state index in [0.29, 0.717) is 6.42 Å².